The number of aryl methyl sites for hydroxylation is 2. The van der Waals surface area contributed by atoms with Gasteiger partial charge in [0.2, 0.25) is 5.88 Å². The van der Waals surface area contributed by atoms with Crippen LogP contribution >= 0.6 is 0 Å². The highest BCUT2D eigenvalue weighted by Gasteiger charge is 2.48. The van der Waals surface area contributed by atoms with E-state index in [1.807, 2.05) is 30.9 Å². The van der Waals surface area contributed by atoms with Crippen LogP contribution in [0.3, 0.4) is 0 Å². The van der Waals surface area contributed by atoms with Crippen molar-refractivity contribution in [1.82, 2.24) is 24.8 Å². The second-order valence-corrected chi connectivity index (χ2v) is 8.33. The van der Waals surface area contributed by atoms with Crippen LogP contribution in [-0.4, -0.2) is 49.4 Å². The van der Waals surface area contributed by atoms with Crippen molar-refractivity contribution in [2.24, 2.45) is 5.92 Å². The molecule has 1 amide bonds. The molecule has 0 radical (unpaired) electrons. The quantitative estimate of drug-likeness (QED) is 0.645. The molecule has 8 heteroatoms. The molecule has 1 aliphatic heterocycles. The van der Waals surface area contributed by atoms with Crippen molar-refractivity contribution in [1.29, 1.82) is 0 Å². The van der Waals surface area contributed by atoms with E-state index in [0.29, 0.717) is 29.6 Å². The van der Waals surface area contributed by atoms with Crippen molar-refractivity contribution in [3.8, 4) is 17.4 Å². The van der Waals surface area contributed by atoms with Gasteiger partial charge in [-0.1, -0.05) is 6.07 Å². The first kappa shape index (κ1) is 19.5. The highest BCUT2D eigenvalue weighted by molar-refractivity contribution is 5.99. The van der Waals surface area contributed by atoms with E-state index >= 15 is 0 Å². The van der Waals surface area contributed by atoms with Crippen molar-refractivity contribution in [2.45, 2.75) is 38.8 Å². The third kappa shape index (κ3) is 3.73. The topological polar surface area (TPSA) is 81.1 Å². The van der Waals surface area contributed by atoms with Gasteiger partial charge in [0.05, 0.1) is 24.0 Å². The SMILES string of the molecule is Cc1ccc(OC2CC3CC2N(C(=O)c2cc(C)cnc2-c2ncc(F)cn2)C3)nc1. The van der Waals surface area contributed by atoms with E-state index in [9.17, 15) is 9.18 Å². The molecule has 3 aromatic heterocycles. The number of carbonyl (C=O) groups excluding carboxylic acids is 1. The zero-order chi connectivity index (χ0) is 21.5. The van der Waals surface area contributed by atoms with Gasteiger partial charge in [-0.25, -0.2) is 19.3 Å². The Balaban J connectivity index is 1.42. The molecule has 31 heavy (non-hydrogen) atoms. The molecule has 2 fully saturated rings. The lowest BCUT2D eigenvalue weighted by atomic mass is 10.0. The molecule has 1 saturated heterocycles. The van der Waals surface area contributed by atoms with Crippen LogP contribution in [0.4, 0.5) is 4.39 Å². The Labute approximate surface area is 179 Å². The number of ether oxygens (including phenoxy) is 1. The van der Waals surface area contributed by atoms with E-state index in [2.05, 4.69) is 19.9 Å². The highest BCUT2D eigenvalue weighted by Crippen LogP contribution is 2.40. The minimum absolute atomic E-state index is 0.0249. The molecule has 7 nitrogen and oxygen atoms in total. The number of carbonyl (C=O) groups is 1. The summed E-state index contributed by atoms with van der Waals surface area (Å²) in [5.74, 6) is 0.536. The number of fused-ring (bicyclic) bond motifs is 2. The van der Waals surface area contributed by atoms with Crippen LogP contribution in [0.2, 0.25) is 0 Å². The number of piperidine rings is 1. The lowest BCUT2D eigenvalue weighted by Gasteiger charge is -2.33. The van der Waals surface area contributed by atoms with Gasteiger partial charge in [-0.3, -0.25) is 9.78 Å². The molecule has 3 unspecified atom stereocenters. The lowest BCUT2D eigenvalue weighted by molar-refractivity contribution is 0.0466. The molecule has 3 aromatic rings. The largest absolute Gasteiger partial charge is 0.472 e. The third-order valence-corrected chi connectivity index (χ3v) is 5.93. The zero-order valence-corrected chi connectivity index (χ0v) is 17.3. The Hall–Kier alpha value is -3.42. The summed E-state index contributed by atoms with van der Waals surface area (Å²) in [5, 5.41) is 0. The number of rotatable bonds is 4. The smallest absolute Gasteiger partial charge is 0.256 e. The molecule has 0 spiro atoms. The molecule has 4 heterocycles. The summed E-state index contributed by atoms with van der Waals surface area (Å²) in [6.45, 7) is 4.54. The van der Waals surface area contributed by atoms with Crippen LogP contribution in [0.1, 0.15) is 34.3 Å². The zero-order valence-electron chi connectivity index (χ0n) is 17.3. The normalized spacial score (nSPS) is 22.0. The summed E-state index contributed by atoms with van der Waals surface area (Å²) in [5.41, 5.74) is 2.71. The molecule has 158 valence electrons. The summed E-state index contributed by atoms with van der Waals surface area (Å²) in [6, 6.07) is 5.59. The predicted octanol–water partition coefficient (Wildman–Crippen LogP) is 3.37. The monoisotopic (exact) mass is 419 g/mol. The number of amides is 1. The molecule has 1 saturated carbocycles. The van der Waals surface area contributed by atoms with Gasteiger partial charge in [0.1, 0.15) is 11.8 Å². The van der Waals surface area contributed by atoms with Crippen LogP contribution in [-0.2, 0) is 0 Å². The maximum Gasteiger partial charge on any atom is 0.256 e. The number of pyridine rings is 2. The van der Waals surface area contributed by atoms with Gasteiger partial charge in [0.15, 0.2) is 11.6 Å². The fourth-order valence-corrected chi connectivity index (χ4v) is 4.50. The number of hydrogen-bond donors (Lipinski definition) is 0. The van der Waals surface area contributed by atoms with Crippen LogP contribution in [0.15, 0.2) is 43.0 Å². The molecule has 1 aliphatic carbocycles. The Morgan fingerprint density at radius 2 is 1.81 bits per heavy atom. The van der Waals surface area contributed by atoms with Gasteiger partial charge in [0, 0.05) is 25.0 Å². The van der Waals surface area contributed by atoms with Gasteiger partial charge in [-0.2, -0.15) is 0 Å². The summed E-state index contributed by atoms with van der Waals surface area (Å²) < 4.78 is 19.4. The number of aromatic nitrogens is 4. The van der Waals surface area contributed by atoms with Gasteiger partial charge in [-0.05, 0) is 49.8 Å². The van der Waals surface area contributed by atoms with E-state index in [1.165, 1.54) is 0 Å². The highest BCUT2D eigenvalue weighted by atomic mass is 19.1. The van der Waals surface area contributed by atoms with Crippen molar-refractivity contribution in [3.63, 3.8) is 0 Å². The molecule has 0 N–H and O–H groups in total. The summed E-state index contributed by atoms with van der Waals surface area (Å²) >= 11 is 0. The van der Waals surface area contributed by atoms with Crippen LogP contribution in [0.25, 0.3) is 11.5 Å². The summed E-state index contributed by atoms with van der Waals surface area (Å²) in [4.78, 5) is 32.2. The Morgan fingerprint density at radius 1 is 1.03 bits per heavy atom. The van der Waals surface area contributed by atoms with E-state index in [0.717, 1.165) is 36.4 Å². The van der Waals surface area contributed by atoms with E-state index in [4.69, 9.17) is 4.74 Å². The average Bonchev–Trinajstić information content (AvgIpc) is 3.36. The second kappa shape index (κ2) is 7.68. The minimum atomic E-state index is -0.537. The van der Waals surface area contributed by atoms with Crippen molar-refractivity contribution >= 4 is 5.91 Å². The van der Waals surface area contributed by atoms with Crippen LogP contribution < -0.4 is 4.74 Å². The lowest BCUT2D eigenvalue weighted by Crippen LogP contribution is -2.47. The first-order chi connectivity index (χ1) is 15.0. The van der Waals surface area contributed by atoms with Crippen molar-refractivity contribution in [2.75, 3.05) is 6.54 Å². The standard InChI is InChI=1S/C23H22FN5O2/c1-13-3-4-20(25-8-13)31-19-7-15-6-18(19)29(12-15)23(30)17-5-14(2)9-26-21(17)22-27-10-16(24)11-28-22/h3-5,8-11,15,18-19H,6-7,12H2,1-2H3. The van der Waals surface area contributed by atoms with Gasteiger partial charge >= 0.3 is 0 Å². The van der Waals surface area contributed by atoms with E-state index in [1.54, 1.807) is 18.5 Å². The maximum absolute atomic E-state index is 13.6. The number of hydrogen-bond acceptors (Lipinski definition) is 6. The molecule has 2 bridgehead atoms. The Kier molecular flexibility index (Phi) is 4.84. The van der Waals surface area contributed by atoms with Crippen LogP contribution in [0.5, 0.6) is 5.88 Å². The van der Waals surface area contributed by atoms with Crippen molar-refractivity contribution in [3.05, 3.63) is 65.5 Å². The van der Waals surface area contributed by atoms with E-state index in [-0.39, 0.29) is 23.9 Å². The maximum atomic E-state index is 13.6. The Morgan fingerprint density at radius 3 is 2.52 bits per heavy atom. The predicted molar refractivity (Wildman–Crippen MR) is 111 cm³/mol. The fraction of sp³-hybridized carbons (Fsp3) is 0.348. The molecule has 0 aromatic carbocycles. The van der Waals surface area contributed by atoms with Crippen molar-refractivity contribution < 1.29 is 13.9 Å². The fourth-order valence-electron chi connectivity index (χ4n) is 4.50. The average molecular weight is 419 g/mol. The molecule has 3 atom stereocenters. The van der Waals surface area contributed by atoms with Gasteiger partial charge in [-0.15, -0.1) is 0 Å². The number of likely N-dealkylation sites (tertiary alicyclic amines) is 1. The summed E-state index contributed by atoms with van der Waals surface area (Å²) in [7, 11) is 0. The van der Waals surface area contributed by atoms with E-state index < -0.39 is 5.82 Å². The third-order valence-electron chi connectivity index (χ3n) is 5.93. The molecule has 5 rings (SSSR count). The first-order valence-corrected chi connectivity index (χ1v) is 10.3. The molecular formula is C23H22FN5O2. The summed E-state index contributed by atoms with van der Waals surface area (Å²) in [6.07, 6.45) is 7.31. The number of halogens is 1. The Bertz CT molecular complexity index is 1120. The second-order valence-electron chi connectivity index (χ2n) is 8.33. The van der Waals surface area contributed by atoms with Crippen LogP contribution in [0, 0.1) is 25.6 Å². The molecular weight excluding hydrogens is 397 g/mol. The van der Waals surface area contributed by atoms with Gasteiger partial charge in [0.25, 0.3) is 5.91 Å². The minimum Gasteiger partial charge on any atom is -0.472 e. The molecule has 2 aliphatic rings. The first-order valence-electron chi connectivity index (χ1n) is 10.3. The van der Waals surface area contributed by atoms with Gasteiger partial charge < -0.3 is 9.64 Å². The number of nitrogens with zero attached hydrogens (tertiary/aromatic N) is 5.